The van der Waals surface area contributed by atoms with Crippen LogP contribution >= 0.6 is 0 Å². The molecule has 1 heterocycles. The molecule has 0 unspecified atom stereocenters. The number of H-pyrrole nitrogens is 1. The molecule has 1 aromatic heterocycles. The molecule has 0 fully saturated rings. The van der Waals surface area contributed by atoms with E-state index in [1.165, 1.54) is 6.33 Å². The lowest BCUT2D eigenvalue weighted by atomic mass is 10.1. The second-order valence-electron chi connectivity index (χ2n) is 4.38. The van der Waals surface area contributed by atoms with Crippen molar-refractivity contribution in [3.8, 4) is 0 Å². The van der Waals surface area contributed by atoms with Crippen LogP contribution in [0.4, 0.5) is 0 Å². The van der Waals surface area contributed by atoms with Gasteiger partial charge in [-0.05, 0) is 11.5 Å². The molecule has 3 aromatic rings. The summed E-state index contributed by atoms with van der Waals surface area (Å²) in [5.74, 6) is 0. The molecule has 102 valence electrons. The van der Waals surface area contributed by atoms with E-state index in [-0.39, 0.29) is 11.4 Å². The number of aromatic amines is 1. The third-order valence-corrected chi connectivity index (χ3v) is 4.51. The lowest BCUT2D eigenvalue weighted by Gasteiger charge is -2.08. The fourth-order valence-corrected chi connectivity index (χ4v) is 3.30. The molecule has 0 aliphatic rings. The Bertz CT molecular complexity index is 821. The molecule has 0 atom stereocenters. The molecule has 20 heavy (non-hydrogen) atoms. The van der Waals surface area contributed by atoms with E-state index in [9.17, 15) is 8.42 Å². The zero-order chi connectivity index (χ0) is 14.0. The molecule has 0 amide bonds. The third-order valence-electron chi connectivity index (χ3n) is 3.05. The summed E-state index contributed by atoms with van der Waals surface area (Å²) in [5.41, 5.74) is 0.716. The van der Waals surface area contributed by atoms with Crippen molar-refractivity contribution in [1.29, 1.82) is 0 Å². The molecule has 0 aliphatic heterocycles. The standard InChI is InChI=1S/C14H13N3O2S/c18-20(19,17-9-12-8-15-10-16-12)14-7-3-5-11-4-1-2-6-13(11)14/h1-8,10,17H,9H2,(H,15,16). The van der Waals surface area contributed by atoms with Crippen LogP contribution in [0.1, 0.15) is 5.69 Å². The van der Waals surface area contributed by atoms with Crippen LogP contribution in [0.5, 0.6) is 0 Å². The Labute approximate surface area is 116 Å². The predicted molar refractivity (Wildman–Crippen MR) is 76.6 cm³/mol. The lowest BCUT2D eigenvalue weighted by Crippen LogP contribution is -2.23. The van der Waals surface area contributed by atoms with Gasteiger partial charge in [-0.15, -0.1) is 0 Å². The number of sulfonamides is 1. The predicted octanol–water partition coefficient (Wildman–Crippen LogP) is 2.04. The van der Waals surface area contributed by atoms with Crippen molar-refractivity contribution < 1.29 is 8.42 Å². The van der Waals surface area contributed by atoms with Gasteiger partial charge in [0.15, 0.2) is 0 Å². The summed E-state index contributed by atoms with van der Waals surface area (Å²) < 4.78 is 27.4. The number of nitrogens with one attached hydrogen (secondary N) is 2. The minimum atomic E-state index is -3.56. The van der Waals surface area contributed by atoms with Crippen molar-refractivity contribution in [3.63, 3.8) is 0 Å². The Morgan fingerprint density at radius 1 is 1.10 bits per heavy atom. The molecule has 2 aromatic carbocycles. The molecular formula is C14H13N3O2S. The van der Waals surface area contributed by atoms with E-state index in [4.69, 9.17) is 0 Å². The van der Waals surface area contributed by atoms with Crippen LogP contribution < -0.4 is 4.72 Å². The van der Waals surface area contributed by atoms with Gasteiger partial charge in [0.1, 0.15) is 0 Å². The van der Waals surface area contributed by atoms with E-state index in [1.807, 2.05) is 24.3 Å². The number of rotatable bonds is 4. The molecule has 2 N–H and O–H groups in total. The van der Waals surface area contributed by atoms with Gasteiger partial charge in [0.25, 0.3) is 0 Å². The number of benzene rings is 2. The van der Waals surface area contributed by atoms with E-state index in [0.717, 1.165) is 5.39 Å². The van der Waals surface area contributed by atoms with Gasteiger partial charge < -0.3 is 4.98 Å². The number of hydrogen-bond acceptors (Lipinski definition) is 3. The minimum Gasteiger partial charge on any atom is -0.347 e. The van der Waals surface area contributed by atoms with Crippen molar-refractivity contribution >= 4 is 20.8 Å². The maximum absolute atomic E-state index is 12.4. The van der Waals surface area contributed by atoms with E-state index >= 15 is 0 Å². The number of imidazole rings is 1. The number of nitrogens with zero attached hydrogens (tertiary/aromatic N) is 1. The first-order chi connectivity index (χ1) is 9.67. The van der Waals surface area contributed by atoms with E-state index in [1.54, 1.807) is 24.4 Å². The van der Waals surface area contributed by atoms with Crippen LogP contribution in [-0.2, 0) is 16.6 Å². The third kappa shape index (κ3) is 2.43. The summed E-state index contributed by atoms with van der Waals surface area (Å²) in [7, 11) is -3.56. The molecule has 6 heteroatoms. The van der Waals surface area contributed by atoms with Gasteiger partial charge in [-0.3, -0.25) is 0 Å². The Morgan fingerprint density at radius 3 is 2.70 bits per heavy atom. The average Bonchev–Trinajstić information content (AvgIpc) is 2.98. The van der Waals surface area contributed by atoms with Crippen molar-refractivity contribution in [3.05, 3.63) is 60.7 Å². The molecule has 0 bridgehead atoms. The first-order valence-corrected chi connectivity index (χ1v) is 7.60. The molecular weight excluding hydrogens is 274 g/mol. The molecule has 0 spiro atoms. The second-order valence-corrected chi connectivity index (χ2v) is 6.11. The summed E-state index contributed by atoms with van der Waals surface area (Å²) in [5, 5.41) is 1.61. The van der Waals surface area contributed by atoms with E-state index < -0.39 is 10.0 Å². The Balaban J connectivity index is 1.97. The van der Waals surface area contributed by atoms with E-state index in [0.29, 0.717) is 11.1 Å². The maximum atomic E-state index is 12.4. The van der Waals surface area contributed by atoms with Gasteiger partial charge >= 0.3 is 0 Å². The SMILES string of the molecule is O=S(=O)(NCc1cnc[nH]1)c1cccc2ccccc12. The highest BCUT2D eigenvalue weighted by atomic mass is 32.2. The number of hydrogen-bond donors (Lipinski definition) is 2. The van der Waals surface area contributed by atoms with Gasteiger partial charge in [0.05, 0.1) is 17.8 Å². The van der Waals surface area contributed by atoms with Crippen LogP contribution in [0, 0.1) is 0 Å². The Kier molecular flexibility index (Phi) is 3.25. The molecule has 5 nitrogen and oxygen atoms in total. The number of aromatic nitrogens is 2. The summed E-state index contributed by atoms with van der Waals surface area (Å²) in [4.78, 5) is 7.00. The zero-order valence-corrected chi connectivity index (χ0v) is 11.4. The Morgan fingerprint density at radius 2 is 1.90 bits per heavy atom. The second kappa shape index (κ2) is 5.07. The molecule has 3 rings (SSSR count). The largest absolute Gasteiger partial charge is 0.347 e. The van der Waals surface area contributed by atoms with Crippen molar-refractivity contribution in [2.45, 2.75) is 11.4 Å². The van der Waals surface area contributed by atoms with Crippen LogP contribution in [0.25, 0.3) is 10.8 Å². The van der Waals surface area contributed by atoms with Crippen LogP contribution in [0.2, 0.25) is 0 Å². The fraction of sp³-hybridized carbons (Fsp3) is 0.0714. The average molecular weight is 287 g/mol. The van der Waals surface area contributed by atoms with Gasteiger partial charge in [-0.25, -0.2) is 18.1 Å². The molecule has 0 aliphatic carbocycles. The van der Waals surface area contributed by atoms with Crippen LogP contribution in [0.3, 0.4) is 0 Å². The first kappa shape index (κ1) is 12.8. The Hall–Kier alpha value is -2.18. The summed E-state index contributed by atoms with van der Waals surface area (Å²) in [6.45, 7) is 0.186. The fourth-order valence-electron chi connectivity index (χ4n) is 2.06. The maximum Gasteiger partial charge on any atom is 0.241 e. The van der Waals surface area contributed by atoms with E-state index in [2.05, 4.69) is 14.7 Å². The number of fused-ring (bicyclic) bond motifs is 1. The topological polar surface area (TPSA) is 74.8 Å². The molecule has 0 saturated heterocycles. The van der Waals surface area contributed by atoms with Gasteiger partial charge in [-0.2, -0.15) is 0 Å². The van der Waals surface area contributed by atoms with Crippen molar-refractivity contribution in [1.82, 2.24) is 14.7 Å². The molecule has 0 saturated carbocycles. The van der Waals surface area contributed by atoms with Crippen LogP contribution in [-0.4, -0.2) is 18.4 Å². The normalized spacial score (nSPS) is 11.8. The molecule has 0 radical (unpaired) electrons. The highest BCUT2D eigenvalue weighted by Crippen LogP contribution is 2.22. The monoisotopic (exact) mass is 287 g/mol. The van der Waals surface area contributed by atoms with Crippen molar-refractivity contribution in [2.75, 3.05) is 0 Å². The van der Waals surface area contributed by atoms with Crippen LogP contribution in [0.15, 0.2) is 59.9 Å². The smallest absolute Gasteiger partial charge is 0.241 e. The zero-order valence-electron chi connectivity index (χ0n) is 10.6. The minimum absolute atomic E-state index is 0.186. The quantitative estimate of drug-likeness (QED) is 0.771. The highest BCUT2D eigenvalue weighted by molar-refractivity contribution is 7.89. The lowest BCUT2D eigenvalue weighted by molar-refractivity contribution is 0.581. The van der Waals surface area contributed by atoms with Crippen molar-refractivity contribution in [2.24, 2.45) is 0 Å². The summed E-state index contributed by atoms with van der Waals surface area (Å²) >= 11 is 0. The summed E-state index contributed by atoms with van der Waals surface area (Å²) in [6.07, 6.45) is 3.10. The highest BCUT2D eigenvalue weighted by Gasteiger charge is 2.16. The first-order valence-electron chi connectivity index (χ1n) is 6.11. The summed E-state index contributed by atoms with van der Waals surface area (Å²) in [6, 6.07) is 12.7. The van der Waals surface area contributed by atoms with Gasteiger partial charge in [-0.1, -0.05) is 36.4 Å². The van der Waals surface area contributed by atoms with Gasteiger partial charge in [0, 0.05) is 17.3 Å². The van der Waals surface area contributed by atoms with Gasteiger partial charge in [0.2, 0.25) is 10.0 Å².